The summed E-state index contributed by atoms with van der Waals surface area (Å²) in [6, 6.07) is 2.85. The Labute approximate surface area is 143 Å². The normalized spacial score (nSPS) is 11.2. The Morgan fingerprint density at radius 2 is 1.62 bits per heavy atom. The van der Waals surface area contributed by atoms with Crippen LogP contribution in [0.15, 0.2) is 23.1 Å². The highest BCUT2D eigenvalue weighted by molar-refractivity contribution is 6.39. The molecular weight excluding hydrogens is 306 g/mol. The molecule has 0 aliphatic heterocycles. The van der Waals surface area contributed by atoms with Crippen molar-refractivity contribution < 1.29 is 9.59 Å². The number of nitrogens with zero attached hydrogens (tertiary/aromatic N) is 1. The fourth-order valence-electron chi connectivity index (χ4n) is 2.64. The van der Waals surface area contributed by atoms with E-state index in [-0.39, 0.29) is 11.6 Å². The van der Waals surface area contributed by atoms with Gasteiger partial charge in [-0.1, -0.05) is 27.7 Å². The van der Waals surface area contributed by atoms with Crippen molar-refractivity contribution in [3.63, 3.8) is 0 Å². The lowest BCUT2D eigenvalue weighted by Crippen LogP contribution is -2.43. The van der Waals surface area contributed by atoms with Crippen LogP contribution in [0.1, 0.15) is 47.5 Å². The van der Waals surface area contributed by atoms with Crippen LogP contribution in [0.25, 0.3) is 0 Å². The Morgan fingerprint density at radius 1 is 1.04 bits per heavy atom. The van der Waals surface area contributed by atoms with Gasteiger partial charge in [-0.3, -0.25) is 14.4 Å². The highest BCUT2D eigenvalue weighted by atomic mass is 16.2. The monoisotopic (exact) mass is 335 g/mol. The summed E-state index contributed by atoms with van der Waals surface area (Å²) in [5.41, 5.74) is 0.287. The predicted octanol–water partition coefficient (Wildman–Crippen LogP) is 2.38. The van der Waals surface area contributed by atoms with Crippen molar-refractivity contribution in [1.29, 1.82) is 0 Å². The van der Waals surface area contributed by atoms with Crippen molar-refractivity contribution >= 4 is 17.5 Å². The molecule has 1 heterocycles. The standard InChI is InChI=1S/C18H29N3O3/c1-6-21-11-14(7-8-16(21)22)19-17(23)18(24)20-15(9-12(2)3)10-13(4)5/h7-8,11-13,15H,6,9-10H2,1-5H3,(H,19,23)(H,20,24). The third-order valence-corrected chi connectivity index (χ3v) is 3.64. The summed E-state index contributed by atoms with van der Waals surface area (Å²) in [5.74, 6) is -0.486. The molecule has 0 atom stereocenters. The second-order valence-corrected chi connectivity index (χ2v) is 6.93. The van der Waals surface area contributed by atoms with Gasteiger partial charge in [-0.15, -0.1) is 0 Å². The third-order valence-electron chi connectivity index (χ3n) is 3.64. The van der Waals surface area contributed by atoms with E-state index in [2.05, 4.69) is 38.3 Å². The average Bonchev–Trinajstić information content (AvgIpc) is 2.47. The molecule has 2 amide bonds. The van der Waals surface area contributed by atoms with E-state index in [1.165, 1.54) is 22.9 Å². The number of aromatic nitrogens is 1. The molecule has 1 aromatic rings. The van der Waals surface area contributed by atoms with Crippen LogP contribution >= 0.6 is 0 Å². The minimum absolute atomic E-state index is 0.0205. The van der Waals surface area contributed by atoms with Crippen LogP contribution in [0.5, 0.6) is 0 Å². The van der Waals surface area contributed by atoms with E-state index < -0.39 is 11.8 Å². The molecule has 0 unspecified atom stereocenters. The Bertz CT molecular complexity index is 610. The zero-order valence-corrected chi connectivity index (χ0v) is 15.3. The van der Waals surface area contributed by atoms with Gasteiger partial charge < -0.3 is 15.2 Å². The summed E-state index contributed by atoms with van der Waals surface area (Å²) in [4.78, 5) is 35.8. The van der Waals surface area contributed by atoms with Gasteiger partial charge in [0.2, 0.25) is 0 Å². The van der Waals surface area contributed by atoms with Gasteiger partial charge >= 0.3 is 11.8 Å². The van der Waals surface area contributed by atoms with Gasteiger partial charge in [0.1, 0.15) is 0 Å². The molecule has 6 nitrogen and oxygen atoms in total. The highest BCUT2D eigenvalue weighted by Gasteiger charge is 2.20. The van der Waals surface area contributed by atoms with Gasteiger partial charge in [0.05, 0.1) is 5.69 Å². The maximum atomic E-state index is 12.2. The zero-order valence-electron chi connectivity index (χ0n) is 15.3. The number of hydrogen-bond acceptors (Lipinski definition) is 3. The molecule has 0 saturated heterocycles. The minimum atomic E-state index is -0.714. The molecular formula is C18H29N3O3. The van der Waals surface area contributed by atoms with E-state index in [1.54, 1.807) is 0 Å². The number of pyridine rings is 1. The molecule has 0 fully saturated rings. The second kappa shape index (κ2) is 9.25. The number of rotatable bonds is 7. The molecule has 0 aliphatic rings. The van der Waals surface area contributed by atoms with Gasteiger partial charge in [0.15, 0.2) is 0 Å². The van der Waals surface area contributed by atoms with Crippen molar-refractivity contribution in [3.8, 4) is 0 Å². The zero-order chi connectivity index (χ0) is 18.3. The van der Waals surface area contributed by atoms with Crippen molar-refractivity contribution in [3.05, 3.63) is 28.7 Å². The van der Waals surface area contributed by atoms with E-state index in [0.717, 1.165) is 12.8 Å². The van der Waals surface area contributed by atoms with Crippen LogP contribution in [-0.2, 0) is 16.1 Å². The van der Waals surface area contributed by atoms with Crippen molar-refractivity contribution in [2.45, 2.75) is 60.0 Å². The Hall–Kier alpha value is -2.11. The van der Waals surface area contributed by atoms with Gasteiger partial charge in [-0.25, -0.2) is 0 Å². The number of carbonyl (C=O) groups excluding carboxylic acids is 2. The first kappa shape index (κ1) is 19.9. The molecule has 24 heavy (non-hydrogen) atoms. The van der Waals surface area contributed by atoms with E-state index in [4.69, 9.17) is 0 Å². The van der Waals surface area contributed by atoms with Crippen LogP contribution in [0, 0.1) is 11.8 Å². The lowest BCUT2D eigenvalue weighted by molar-refractivity contribution is -0.136. The maximum absolute atomic E-state index is 12.2. The third kappa shape index (κ3) is 6.56. The topological polar surface area (TPSA) is 80.2 Å². The molecule has 0 bridgehead atoms. The first-order valence-corrected chi connectivity index (χ1v) is 8.55. The molecule has 134 valence electrons. The Morgan fingerprint density at radius 3 is 2.12 bits per heavy atom. The van der Waals surface area contributed by atoms with E-state index in [0.29, 0.717) is 24.1 Å². The predicted molar refractivity (Wildman–Crippen MR) is 95.8 cm³/mol. The number of hydrogen-bond donors (Lipinski definition) is 2. The molecule has 0 aliphatic carbocycles. The highest BCUT2D eigenvalue weighted by Crippen LogP contribution is 2.13. The van der Waals surface area contributed by atoms with Gasteiger partial charge in [0, 0.05) is 24.8 Å². The molecule has 0 saturated carbocycles. The molecule has 0 spiro atoms. The summed E-state index contributed by atoms with van der Waals surface area (Å²) >= 11 is 0. The Balaban J connectivity index is 2.72. The number of aryl methyl sites for hydroxylation is 1. The summed E-state index contributed by atoms with van der Waals surface area (Å²) in [6.45, 7) is 10.7. The minimum Gasteiger partial charge on any atom is -0.345 e. The quantitative estimate of drug-likeness (QED) is 0.751. The fraction of sp³-hybridized carbons (Fsp3) is 0.611. The molecule has 1 rings (SSSR count). The first-order chi connectivity index (χ1) is 11.2. The smallest absolute Gasteiger partial charge is 0.313 e. The van der Waals surface area contributed by atoms with Crippen LogP contribution < -0.4 is 16.2 Å². The SMILES string of the molecule is CCn1cc(NC(=O)C(=O)NC(CC(C)C)CC(C)C)ccc1=O. The molecule has 0 radical (unpaired) electrons. The lowest BCUT2D eigenvalue weighted by atomic mass is 9.95. The maximum Gasteiger partial charge on any atom is 0.313 e. The lowest BCUT2D eigenvalue weighted by Gasteiger charge is -2.22. The summed E-state index contributed by atoms with van der Waals surface area (Å²) < 4.78 is 1.47. The fourth-order valence-corrected chi connectivity index (χ4v) is 2.64. The largest absolute Gasteiger partial charge is 0.345 e. The van der Waals surface area contributed by atoms with Crippen molar-refractivity contribution in [2.24, 2.45) is 11.8 Å². The molecule has 1 aromatic heterocycles. The van der Waals surface area contributed by atoms with Crippen LogP contribution in [0.4, 0.5) is 5.69 Å². The molecule has 0 aromatic carbocycles. The number of amides is 2. The number of anilines is 1. The van der Waals surface area contributed by atoms with Gasteiger partial charge in [0.25, 0.3) is 5.56 Å². The van der Waals surface area contributed by atoms with E-state index in [9.17, 15) is 14.4 Å². The molecule has 2 N–H and O–H groups in total. The Kier molecular flexibility index (Phi) is 7.68. The van der Waals surface area contributed by atoms with Gasteiger partial charge in [-0.2, -0.15) is 0 Å². The van der Waals surface area contributed by atoms with Crippen molar-refractivity contribution in [2.75, 3.05) is 5.32 Å². The summed E-state index contributed by atoms with van der Waals surface area (Å²) in [5, 5.41) is 5.37. The molecule has 6 heteroatoms. The first-order valence-electron chi connectivity index (χ1n) is 8.55. The van der Waals surface area contributed by atoms with Crippen LogP contribution in [0.3, 0.4) is 0 Å². The van der Waals surface area contributed by atoms with E-state index in [1.807, 2.05) is 6.92 Å². The van der Waals surface area contributed by atoms with Gasteiger partial charge in [-0.05, 0) is 37.7 Å². The van der Waals surface area contributed by atoms with E-state index >= 15 is 0 Å². The number of nitrogens with one attached hydrogen (secondary N) is 2. The van der Waals surface area contributed by atoms with Crippen LogP contribution in [-0.4, -0.2) is 22.4 Å². The number of carbonyl (C=O) groups is 2. The second-order valence-electron chi connectivity index (χ2n) is 6.93. The van der Waals surface area contributed by atoms with Crippen molar-refractivity contribution in [1.82, 2.24) is 9.88 Å². The van der Waals surface area contributed by atoms with Crippen LogP contribution in [0.2, 0.25) is 0 Å². The summed E-state index contributed by atoms with van der Waals surface area (Å²) in [7, 11) is 0. The average molecular weight is 335 g/mol. The summed E-state index contributed by atoms with van der Waals surface area (Å²) in [6.07, 6.45) is 3.20.